The maximum atomic E-state index is 12.7. The van der Waals surface area contributed by atoms with Crippen molar-refractivity contribution >= 4 is 28.3 Å². The number of aromatic nitrogens is 2. The molecule has 0 saturated carbocycles. The van der Waals surface area contributed by atoms with Gasteiger partial charge in [-0.1, -0.05) is 0 Å². The van der Waals surface area contributed by atoms with E-state index >= 15 is 0 Å². The second kappa shape index (κ2) is 7.32. The lowest BCUT2D eigenvalue weighted by Crippen LogP contribution is -2.26. The van der Waals surface area contributed by atoms with Crippen molar-refractivity contribution in [2.24, 2.45) is 0 Å². The lowest BCUT2D eigenvalue weighted by atomic mass is 10.1. The molecule has 148 valence electrons. The summed E-state index contributed by atoms with van der Waals surface area (Å²) in [6, 6.07) is 9.11. The lowest BCUT2D eigenvalue weighted by Gasteiger charge is -2.10. The van der Waals surface area contributed by atoms with Gasteiger partial charge in [0, 0.05) is 22.7 Å². The number of carbonyl (C=O) groups is 1. The van der Waals surface area contributed by atoms with Gasteiger partial charge in [0.15, 0.2) is 5.58 Å². The number of rotatable bonds is 4. The maximum Gasteiger partial charge on any atom is 0.416 e. The van der Waals surface area contributed by atoms with Gasteiger partial charge in [-0.2, -0.15) is 13.2 Å². The Morgan fingerprint density at radius 3 is 2.59 bits per heavy atom. The normalized spacial score (nSPS) is 12.8. The number of hydrogen-bond donors (Lipinski definition) is 1. The predicted octanol–water partition coefficient (Wildman–Crippen LogP) is 5.46. The Labute approximate surface area is 167 Å². The number of benzene rings is 2. The summed E-state index contributed by atoms with van der Waals surface area (Å²) in [5.74, 6) is -0.101. The smallest absolute Gasteiger partial charge is 0.416 e. The number of nitrogens with one attached hydrogen (secondary N) is 1. The van der Waals surface area contributed by atoms with Gasteiger partial charge in [-0.3, -0.25) is 4.79 Å². The third-order valence-electron chi connectivity index (χ3n) is 4.28. The zero-order valence-electron chi connectivity index (χ0n) is 15.0. The number of oxazole rings is 1. The third kappa shape index (κ3) is 4.00. The number of amides is 1. The largest absolute Gasteiger partial charge is 0.436 e. The Bertz CT molecular complexity index is 1150. The standard InChI is InChI=1S/C20H14F3N3O2S/c1-11(19-24-8-9-29-19)25-17(27)13-4-7-16-15(10-13)26-18(28-16)12-2-5-14(6-3-12)20(21,22)23/h2-11H,1H3,(H,25,27)/t11-/m0/s1. The van der Waals surface area contributed by atoms with Gasteiger partial charge in [0.2, 0.25) is 5.89 Å². The molecular formula is C20H14F3N3O2S. The van der Waals surface area contributed by atoms with Crippen LogP contribution in [0.25, 0.3) is 22.6 Å². The van der Waals surface area contributed by atoms with Gasteiger partial charge in [-0.05, 0) is 49.4 Å². The molecule has 1 amide bonds. The average Bonchev–Trinajstić information content (AvgIpc) is 3.36. The molecule has 0 spiro atoms. The zero-order chi connectivity index (χ0) is 20.6. The minimum atomic E-state index is -4.40. The Hall–Kier alpha value is -3.20. The highest BCUT2D eigenvalue weighted by molar-refractivity contribution is 7.09. The van der Waals surface area contributed by atoms with Gasteiger partial charge in [-0.25, -0.2) is 9.97 Å². The van der Waals surface area contributed by atoms with Crippen LogP contribution >= 0.6 is 11.3 Å². The van der Waals surface area contributed by atoms with Crippen LogP contribution in [-0.2, 0) is 6.18 Å². The summed E-state index contributed by atoms with van der Waals surface area (Å²) in [6.45, 7) is 1.84. The highest BCUT2D eigenvalue weighted by Gasteiger charge is 2.30. The molecule has 2 aromatic carbocycles. The van der Waals surface area contributed by atoms with E-state index in [-0.39, 0.29) is 17.8 Å². The van der Waals surface area contributed by atoms with Crippen LogP contribution in [0.3, 0.4) is 0 Å². The van der Waals surface area contributed by atoms with Gasteiger partial charge in [-0.15, -0.1) is 11.3 Å². The number of hydrogen-bond acceptors (Lipinski definition) is 5. The topological polar surface area (TPSA) is 68.0 Å². The van der Waals surface area contributed by atoms with E-state index in [0.29, 0.717) is 22.2 Å². The first-order chi connectivity index (χ1) is 13.8. The van der Waals surface area contributed by atoms with E-state index < -0.39 is 11.7 Å². The Morgan fingerprint density at radius 2 is 1.93 bits per heavy atom. The number of nitrogens with zero attached hydrogens (tertiary/aromatic N) is 2. The van der Waals surface area contributed by atoms with Crippen molar-refractivity contribution < 1.29 is 22.4 Å². The fourth-order valence-electron chi connectivity index (χ4n) is 2.78. The first kappa shape index (κ1) is 19.1. The van der Waals surface area contributed by atoms with E-state index in [1.165, 1.54) is 23.5 Å². The molecule has 4 aromatic rings. The SMILES string of the molecule is C[C@H](NC(=O)c1ccc2oc(-c3ccc(C(F)(F)F)cc3)nc2c1)c1nccs1. The van der Waals surface area contributed by atoms with Crippen LogP contribution in [0.4, 0.5) is 13.2 Å². The second-order valence-corrected chi connectivity index (χ2v) is 7.27. The van der Waals surface area contributed by atoms with Crippen molar-refractivity contribution in [2.75, 3.05) is 0 Å². The molecular weight excluding hydrogens is 403 g/mol. The molecule has 0 saturated heterocycles. The minimum Gasteiger partial charge on any atom is -0.436 e. The molecule has 0 bridgehead atoms. The van der Waals surface area contributed by atoms with Crippen molar-refractivity contribution in [3.63, 3.8) is 0 Å². The number of halogens is 3. The van der Waals surface area contributed by atoms with Crippen molar-refractivity contribution in [1.82, 2.24) is 15.3 Å². The zero-order valence-corrected chi connectivity index (χ0v) is 15.8. The van der Waals surface area contributed by atoms with Gasteiger partial charge in [0.25, 0.3) is 5.91 Å². The van der Waals surface area contributed by atoms with Crippen molar-refractivity contribution in [1.29, 1.82) is 0 Å². The van der Waals surface area contributed by atoms with E-state index in [1.807, 2.05) is 12.3 Å². The van der Waals surface area contributed by atoms with Crippen LogP contribution in [0.5, 0.6) is 0 Å². The van der Waals surface area contributed by atoms with Crippen LogP contribution in [0.2, 0.25) is 0 Å². The van der Waals surface area contributed by atoms with E-state index in [4.69, 9.17) is 4.42 Å². The molecule has 1 atom stereocenters. The van der Waals surface area contributed by atoms with E-state index in [0.717, 1.165) is 17.1 Å². The summed E-state index contributed by atoms with van der Waals surface area (Å²) in [6.07, 6.45) is -2.73. The van der Waals surface area contributed by atoms with Gasteiger partial charge >= 0.3 is 6.18 Å². The molecule has 2 heterocycles. The number of fused-ring (bicyclic) bond motifs is 1. The lowest BCUT2D eigenvalue weighted by molar-refractivity contribution is -0.137. The Balaban J connectivity index is 1.57. The van der Waals surface area contributed by atoms with E-state index in [9.17, 15) is 18.0 Å². The quantitative estimate of drug-likeness (QED) is 0.479. The van der Waals surface area contributed by atoms with E-state index in [2.05, 4.69) is 15.3 Å². The highest BCUT2D eigenvalue weighted by Crippen LogP contribution is 2.31. The monoisotopic (exact) mass is 417 g/mol. The van der Waals surface area contributed by atoms with Crippen LogP contribution in [-0.4, -0.2) is 15.9 Å². The Kier molecular flexibility index (Phi) is 4.83. The summed E-state index contributed by atoms with van der Waals surface area (Å²) in [5.41, 5.74) is 0.940. The van der Waals surface area contributed by atoms with Gasteiger partial charge in [0.1, 0.15) is 10.5 Å². The molecule has 0 fully saturated rings. The molecule has 1 N–H and O–H groups in total. The molecule has 5 nitrogen and oxygen atoms in total. The van der Waals surface area contributed by atoms with Crippen molar-refractivity contribution in [2.45, 2.75) is 19.1 Å². The first-order valence-electron chi connectivity index (χ1n) is 8.60. The average molecular weight is 417 g/mol. The molecule has 2 aromatic heterocycles. The van der Waals surface area contributed by atoms with E-state index in [1.54, 1.807) is 24.4 Å². The van der Waals surface area contributed by atoms with Crippen LogP contribution in [0.15, 0.2) is 58.5 Å². The fourth-order valence-corrected chi connectivity index (χ4v) is 3.43. The predicted molar refractivity (Wildman–Crippen MR) is 102 cm³/mol. The highest BCUT2D eigenvalue weighted by atomic mass is 32.1. The minimum absolute atomic E-state index is 0.183. The molecule has 0 aliphatic heterocycles. The summed E-state index contributed by atoms with van der Waals surface area (Å²) in [4.78, 5) is 21.0. The molecule has 29 heavy (non-hydrogen) atoms. The van der Waals surface area contributed by atoms with Crippen LogP contribution in [0.1, 0.15) is 33.9 Å². The molecule has 0 aliphatic rings. The number of carbonyl (C=O) groups excluding carboxylic acids is 1. The molecule has 0 aliphatic carbocycles. The molecule has 0 unspecified atom stereocenters. The van der Waals surface area contributed by atoms with Crippen LogP contribution < -0.4 is 5.32 Å². The summed E-state index contributed by atoms with van der Waals surface area (Å²) in [5, 5.41) is 5.50. The third-order valence-corrected chi connectivity index (χ3v) is 5.24. The van der Waals surface area contributed by atoms with Gasteiger partial charge < -0.3 is 9.73 Å². The molecule has 0 radical (unpaired) electrons. The van der Waals surface area contributed by atoms with Gasteiger partial charge in [0.05, 0.1) is 11.6 Å². The number of alkyl halides is 3. The Morgan fingerprint density at radius 1 is 1.17 bits per heavy atom. The fraction of sp³-hybridized carbons (Fsp3) is 0.150. The van der Waals surface area contributed by atoms with Crippen molar-refractivity contribution in [3.8, 4) is 11.5 Å². The second-order valence-electron chi connectivity index (χ2n) is 6.34. The number of thiazole rings is 1. The van der Waals surface area contributed by atoms with Crippen molar-refractivity contribution in [3.05, 3.63) is 70.2 Å². The van der Waals surface area contributed by atoms with Crippen LogP contribution in [0, 0.1) is 0 Å². The summed E-state index contributed by atoms with van der Waals surface area (Å²) < 4.78 is 43.8. The summed E-state index contributed by atoms with van der Waals surface area (Å²) >= 11 is 1.45. The first-order valence-corrected chi connectivity index (χ1v) is 9.48. The maximum absolute atomic E-state index is 12.7. The molecule has 9 heteroatoms. The summed E-state index contributed by atoms with van der Waals surface area (Å²) in [7, 11) is 0. The molecule has 4 rings (SSSR count).